The van der Waals surface area contributed by atoms with Gasteiger partial charge >= 0.3 is 0 Å². The Kier molecular flexibility index (Phi) is 9.91. The molecule has 0 aliphatic carbocycles. The summed E-state index contributed by atoms with van der Waals surface area (Å²) >= 11 is 7.90. The molecule has 2 fully saturated rings. The number of ether oxygens (including phenoxy) is 1. The number of thioether (sulfide) groups is 1. The molecule has 11 heteroatoms. The molecule has 4 aromatic rings. The Balaban J connectivity index is 1.04. The number of amides is 1. The highest BCUT2D eigenvalue weighted by molar-refractivity contribution is 7.98. The molecule has 0 atom stereocenters. The number of piperazine rings is 2. The lowest BCUT2D eigenvalue weighted by molar-refractivity contribution is 0.0746. The van der Waals surface area contributed by atoms with Crippen LogP contribution in [0.25, 0.3) is 0 Å². The molecule has 2 saturated heterocycles. The van der Waals surface area contributed by atoms with Gasteiger partial charge in [-0.3, -0.25) is 4.79 Å². The maximum absolute atomic E-state index is 14.3. The Morgan fingerprint density at radius 2 is 1.49 bits per heavy atom. The fourth-order valence-corrected chi connectivity index (χ4v) is 6.79. The Morgan fingerprint density at radius 3 is 2.24 bits per heavy atom. The van der Waals surface area contributed by atoms with E-state index in [1.54, 1.807) is 12.1 Å². The maximum atomic E-state index is 14.3. The Labute approximate surface area is 272 Å². The molecule has 1 aromatic heterocycles. The number of para-hydroxylation sites is 3. The summed E-state index contributed by atoms with van der Waals surface area (Å²) in [6.45, 7) is 8.15. The third-order valence-electron chi connectivity index (χ3n) is 8.07. The van der Waals surface area contributed by atoms with Gasteiger partial charge in [0.2, 0.25) is 0 Å². The Hall–Kier alpha value is -4.02. The van der Waals surface area contributed by atoms with Gasteiger partial charge in [-0.15, -0.1) is 0 Å². The fraction of sp³-hybridized carbons (Fsp3) is 0.324. The number of benzene rings is 3. The van der Waals surface area contributed by atoms with Crippen molar-refractivity contribution in [3.05, 3.63) is 101 Å². The smallest absolute Gasteiger partial charge is 0.253 e. The van der Waals surface area contributed by atoms with Crippen molar-refractivity contribution in [3.63, 3.8) is 0 Å². The lowest BCUT2D eigenvalue weighted by atomic mass is 10.1. The Morgan fingerprint density at radius 1 is 0.822 bits per heavy atom. The van der Waals surface area contributed by atoms with Gasteiger partial charge in [0.05, 0.1) is 18.0 Å². The lowest BCUT2D eigenvalue weighted by Crippen LogP contribution is -2.48. The van der Waals surface area contributed by atoms with Gasteiger partial charge in [-0.25, -0.2) is 14.4 Å². The van der Waals surface area contributed by atoms with E-state index in [0.29, 0.717) is 73.2 Å². The highest BCUT2D eigenvalue weighted by Crippen LogP contribution is 2.30. The zero-order valence-electron chi connectivity index (χ0n) is 25.2. The number of hydrogen-bond acceptors (Lipinski definition) is 8. The minimum atomic E-state index is -0.206. The highest BCUT2D eigenvalue weighted by atomic mass is 35.5. The standard InChI is InChI=1S/C34H36ClFN6O2S/c1-2-44-30-13-6-5-12-29(30)40-16-20-42(21-17-40)33(43)26-9-7-8-25(22-26)24-45-34-37-31(35)23-32(38-34)41-18-14-39(15-19-41)28-11-4-3-10-27(28)36/h3-13,22-23H,2,14-21,24H2,1H3. The molecule has 3 heterocycles. The average Bonchev–Trinajstić information content (AvgIpc) is 3.08. The first-order valence-electron chi connectivity index (χ1n) is 15.3. The van der Waals surface area contributed by atoms with Crippen molar-refractivity contribution in [3.8, 4) is 5.75 Å². The molecule has 2 aliphatic rings. The second-order valence-electron chi connectivity index (χ2n) is 10.9. The van der Waals surface area contributed by atoms with E-state index in [9.17, 15) is 9.18 Å². The van der Waals surface area contributed by atoms with E-state index in [1.807, 2.05) is 66.4 Å². The van der Waals surface area contributed by atoms with Crippen molar-refractivity contribution in [2.24, 2.45) is 0 Å². The lowest BCUT2D eigenvalue weighted by Gasteiger charge is -2.36. The Bertz CT molecular complexity index is 1630. The molecular formula is C34H36ClFN6O2S. The number of carbonyl (C=O) groups excluding carboxylic acids is 1. The van der Waals surface area contributed by atoms with Gasteiger partial charge in [0.15, 0.2) is 5.16 Å². The zero-order chi connectivity index (χ0) is 31.2. The van der Waals surface area contributed by atoms with Gasteiger partial charge in [0, 0.05) is 69.7 Å². The minimum absolute atomic E-state index is 0.0374. The predicted molar refractivity (Wildman–Crippen MR) is 180 cm³/mol. The van der Waals surface area contributed by atoms with Crippen LogP contribution in [0, 0.1) is 5.82 Å². The van der Waals surface area contributed by atoms with Crippen LogP contribution in [-0.4, -0.2) is 79.7 Å². The summed E-state index contributed by atoms with van der Waals surface area (Å²) < 4.78 is 20.1. The zero-order valence-corrected chi connectivity index (χ0v) is 26.8. The van der Waals surface area contributed by atoms with E-state index in [2.05, 4.69) is 25.8 Å². The quantitative estimate of drug-likeness (QED) is 0.120. The number of aromatic nitrogens is 2. The molecule has 234 valence electrons. The molecule has 0 radical (unpaired) electrons. The van der Waals surface area contributed by atoms with Crippen LogP contribution in [-0.2, 0) is 5.75 Å². The van der Waals surface area contributed by atoms with Gasteiger partial charge < -0.3 is 24.3 Å². The van der Waals surface area contributed by atoms with Crippen LogP contribution in [0.15, 0.2) is 84.0 Å². The summed E-state index contributed by atoms with van der Waals surface area (Å²) in [4.78, 5) is 31.1. The number of hydrogen-bond donors (Lipinski definition) is 0. The van der Waals surface area contributed by atoms with Crippen molar-refractivity contribution < 1.29 is 13.9 Å². The summed E-state index contributed by atoms with van der Waals surface area (Å²) in [5, 5.41) is 0.959. The van der Waals surface area contributed by atoms with Gasteiger partial charge in [0.25, 0.3) is 5.91 Å². The number of rotatable bonds is 9. The van der Waals surface area contributed by atoms with Crippen molar-refractivity contribution in [1.29, 1.82) is 0 Å². The fourth-order valence-electron chi connectivity index (χ4n) is 5.77. The first kappa shape index (κ1) is 31.0. The molecule has 0 bridgehead atoms. The van der Waals surface area contributed by atoms with E-state index in [-0.39, 0.29) is 11.7 Å². The van der Waals surface area contributed by atoms with E-state index < -0.39 is 0 Å². The van der Waals surface area contributed by atoms with Gasteiger partial charge in [-0.05, 0) is 48.9 Å². The molecule has 0 saturated carbocycles. The van der Waals surface area contributed by atoms with Crippen LogP contribution < -0.4 is 19.4 Å². The van der Waals surface area contributed by atoms with Crippen LogP contribution in [0.4, 0.5) is 21.6 Å². The summed E-state index contributed by atoms with van der Waals surface area (Å²) in [6, 6.07) is 24.5. The molecule has 0 spiro atoms. The molecule has 45 heavy (non-hydrogen) atoms. The van der Waals surface area contributed by atoms with Gasteiger partial charge in [-0.2, -0.15) is 0 Å². The molecular weight excluding hydrogens is 611 g/mol. The van der Waals surface area contributed by atoms with Crippen LogP contribution in [0.2, 0.25) is 5.15 Å². The SMILES string of the molecule is CCOc1ccccc1N1CCN(C(=O)c2cccc(CSc3nc(Cl)cc(N4CCN(c5ccccc5F)CC4)n3)c2)CC1. The van der Waals surface area contributed by atoms with E-state index in [1.165, 1.54) is 17.8 Å². The van der Waals surface area contributed by atoms with E-state index in [4.69, 9.17) is 21.3 Å². The van der Waals surface area contributed by atoms with E-state index >= 15 is 0 Å². The molecule has 8 nitrogen and oxygen atoms in total. The molecule has 2 aliphatic heterocycles. The first-order chi connectivity index (χ1) is 22.0. The van der Waals surface area contributed by atoms with Crippen molar-refractivity contribution in [1.82, 2.24) is 14.9 Å². The highest BCUT2D eigenvalue weighted by Gasteiger charge is 2.25. The molecule has 3 aromatic carbocycles. The average molecular weight is 647 g/mol. The summed E-state index contributed by atoms with van der Waals surface area (Å²) in [5.41, 5.74) is 3.39. The monoisotopic (exact) mass is 646 g/mol. The van der Waals surface area contributed by atoms with Crippen LogP contribution in [0.1, 0.15) is 22.8 Å². The van der Waals surface area contributed by atoms with Crippen molar-refractivity contribution in [2.75, 3.05) is 73.7 Å². The van der Waals surface area contributed by atoms with Gasteiger partial charge in [0.1, 0.15) is 22.5 Å². The minimum Gasteiger partial charge on any atom is -0.492 e. The normalized spacial score (nSPS) is 15.4. The predicted octanol–water partition coefficient (Wildman–Crippen LogP) is 6.25. The number of anilines is 3. The topological polar surface area (TPSA) is 65.0 Å². The number of carbonyl (C=O) groups is 1. The second kappa shape index (κ2) is 14.4. The summed E-state index contributed by atoms with van der Waals surface area (Å²) in [7, 11) is 0. The molecule has 6 rings (SSSR count). The van der Waals surface area contributed by atoms with Crippen LogP contribution in [0.3, 0.4) is 0 Å². The summed E-state index contributed by atoms with van der Waals surface area (Å²) in [6.07, 6.45) is 0. The number of halogens is 2. The first-order valence-corrected chi connectivity index (χ1v) is 16.6. The molecule has 0 unspecified atom stereocenters. The van der Waals surface area contributed by atoms with Gasteiger partial charge in [-0.1, -0.05) is 59.8 Å². The second-order valence-corrected chi connectivity index (χ2v) is 12.3. The summed E-state index contributed by atoms with van der Waals surface area (Å²) in [5.74, 6) is 2.07. The van der Waals surface area contributed by atoms with Crippen molar-refractivity contribution >= 4 is 46.5 Å². The van der Waals surface area contributed by atoms with E-state index in [0.717, 1.165) is 35.9 Å². The van der Waals surface area contributed by atoms with Crippen molar-refractivity contribution in [2.45, 2.75) is 17.8 Å². The largest absolute Gasteiger partial charge is 0.492 e. The third-order valence-corrected chi connectivity index (χ3v) is 9.18. The van der Waals surface area contributed by atoms with Crippen LogP contribution >= 0.6 is 23.4 Å². The number of nitrogens with zero attached hydrogens (tertiary/aromatic N) is 6. The molecule has 0 N–H and O–H groups in total. The van der Waals surface area contributed by atoms with Crippen LogP contribution in [0.5, 0.6) is 5.75 Å². The third kappa shape index (κ3) is 7.45. The maximum Gasteiger partial charge on any atom is 0.253 e. The molecule has 1 amide bonds.